The average molecular weight is 458 g/mol. The van der Waals surface area contributed by atoms with E-state index in [0.717, 1.165) is 36.3 Å². The van der Waals surface area contributed by atoms with Crippen molar-refractivity contribution >= 4 is 23.2 Å². The lowest BCUT2D eigenvalue weighted by Gasteiger charge is -2.19. The van der Waals surface area contributed by atoms with Crippen molar-refractivity contribution in [2.75, 3.05) is 6.61 Å². The van der Waals surface area contributed by atoms with E-state index in [1.807, 2.05) is 31.2 Å². The fourth-order valence-electron chi connectivity index (χ4n) is 3.45. The molecule has 0 amide bonds. The standard InChI is InChI=1S/C26H29Cl2NO2/c1-3-8-24(20-9-6-5-7-10-20)29-17-19-11-14-25(26(15-19)30-4-2)31-18-21-12-13-22(27)16-23(21)28/h5-7,9-16,24,29H,3-4,8,17-18H2,1-2H3/t24-/m0/s1. The predicted octanol–water partition coefficient (Wildman–Crippen LogP) is 7.60. The van der Waals surface area contributed by atoms with Gasteiger partial charge in [0.05, 0.1) is 6.61 Å². The molecule has 1 N–H and O–H groups in total. The summed E-state index contributed by atoms with van der Waals surface area (Å²) in [4.78, 5) is 0. The van der Waals surface area contributed by atoms with Crippen LogP contribution in [0.15, 0.2) is 66.7 Å². The maximum atomic E-state index is 6.27. The summed E-state index contributed by atoms with van der Waals surface area (Å²) in [7, 11) is 0. The second kappa shape index (κ2) is 12.0. The van der Waals surface area contributed by atoms with Crippen LogP contribution < -0.4 is 14.8 Å². The lowest BCUT2D eigenvalue weighted by Crippen LogP contribution is -2.20. The van der Waals surface area contributed by atoms with E-state index in [0.29, 0.717) is 35.1 Å². The van der Waals surface area contributed by atoms with Crippen molar-refractivity contribution < 1.29 is 9.47 Å². The molecule has 1 atom stereocenters. The fourth-order valence-corrected chi connectivity index (χ4v) is 3.91. The van der Waals surface area contributed by atoms with E-state index >= 15 is 0 Å². The van der Waals surface area contributed by atoms with Crippen molar-refractivity contribution in [2.45, 2.75) is 45.9 Å². The second-order valence-electron chi connectivity index (χ2n) is 7.37. The second-order valence-corrected chi connectivity index (χ2v) is 8.21. The molecule has 0 fully saturated rings. The van der Waals surface area contributed by atoms with E-state index < -0.39 is 0 Å². The van der Waals surface area contributed by atoms with Crippen molar-refractivity contribution in [1.29, 1.82) is 0 Å². The van der Waals surface area contributed by atoms with Crippen LogP contribution in [0.1, 0.15) is 49.4 Å². The van der Waals surface area contributed by atoms with Gasteiger partial charge in [-0.2, -0.15) is 0 Å². The van der Waals surface area contributed by atoms with Crippen LogP contribution in [0.3, 0.4) is 0 Å². The molecule has 31 heavy (non-hydrogen) atoms. The van der Waals surface area contributed by atoms with E-state index in [-0.39, 0.29) is 0 Å². The zero-order chi connectivity index (χ0) is 22.1. The minimum absolute atomic E-state index is 0.324. The van der Waals surface area contributed by atoms with E-state index in [1.165, 1.54) is 5.56 Å². The Morgan fingerprint density at radius 3 is 2.39 bits per heavy atom. The third-order valence-corrected chi connectivity index (χ3v) is 5.63. The van der Waals surface area contributed by atoms with Crippen molar-refractivity contribution in [3.63, 3.8) is 0 Å². The molecule has 0 saturated carbocycles. The van der Waals surface area contributed by atoms with Gasteiger partial charge in [-0.25, -0.2) is 0 Å². The molecule has 0 unspecified atom stereocenters. The molecule has 3 aromatic rings. The first-order valence-corrected chi connectivity index (χ1v) is 11.5. The maximum absolute atomic E-state index is 6.27. The van der Waals surface area contributed by atoms with Gasteiger partial charge in [0, 0.05) is 28.2 Å². The Morgan fingerprint density at radius 2 is 1.68 bits per heavy atom. The van der Waals surface area contributed by atoms with Gasteiger partial charge in [0.15, 0.2) is 11.5 Å². The molecule has 164 valence electrons. The van der Waals surface area contributed by atoms with Crippen LogP contribution in [0.2, 0.25) is 10.0 Å². The first-order chi connectivity index (χ1) is 15.1. The highest BCUT2D eigenvalue weighted by atomic mass is 35.5. The highest BCUT2D eigenvalue weighted by Crippen LogP contribution is 2.31. The highest BCUT2D eigenvalue weighted by molar-refractivity contribution is 6.35. The van der Waals surface area contributed by atoms with Crippen LogP contribution in [0.25, 0.3) is 0 Å². The normalized spacial score (nSPS) is 11.9. The molecule has 0 saturated heterocycles. The molecule has 0 aliphatic heterocycles. The van der Waals surface area contributed by atoms with Crippen LogP contribution in [0.4, 0.5) is 0 Å². The van der Waals surface area contributed by atoms with Gasteiger partial charge >= 0.3 is 0 Å². The zero-order valence-corrected chi connectivity index (χ0v) is 19.5. The molecule has 0 aromatic heterocycles. The molecule has 5 heteroatoms. The molecule has 0 aliphatic carbocycles. The summed E-state index contributed by atoms with van der Waals surface area (Å²) < 4.78 is 11.9. The summed E-state index contributed by atoms with van der Waals surface area (Å²) in [5, 5.41) is 4.89. The van der Waals surface area contributed by atoms with Gasteiger partial charge in [0.1, 0.15) is 6.61 Å². The Labute approximate surface area is 195 Å². The Morgan fingerprint density at radius 1 is 0.871 bits per heavy atom. The third kappa shape index (κ3) is 6.90. The number of rotatable bonds is 11. The number of halogens is 2. The molecule has 0 bridgehead atoms. The summed E-state index contributed by atoms with van der Waals surface area (Å²) in [6.45, 7) is 5.85. The van der Waals surface area contributed by atoms with Gasteiger partial charge in [-0.3, -0.25) is 0 Å². The van der Waals surface area contributed by atoms with Gasteiger partial charge in [-0.05, 0) is 48.7 Å². The van der Waals surface area contributed by atoms with E-state index in [9.17, 15) is 0 Å². The molecule has 0 spiro atoms. The summed E-state index contributed by atoms with van der Waals surface area (Å²) in [6.07, 6.45) is 2.21. The first kappa shape index (κ1) is 23.5. The summed E-state index contributed by atoms with van der Waals surface area (Å²) >= 11 is 12.2. The minimum atomic E-state index is 0.324. The van der Waals surface area contributed by atoms with Crippen LogP contribution in [-0.4, -0.2) is 6.61 Å². The zero-order valence-electron chi connectivity index (χ0n) is 18.0. The Balaban J connectivity index is 1.68. The number of nitrogens with one attached hydrogen (secondary N) is 1. The molecular weight excluding hydrogens is 429 g/mol. The van der Waals surface area contributed by atoms with Gasteiger partial charge in [-0.1, -0.05) is 79.0 Å². The monoisotopic (exact) mass is 457 g/mol. The van der Waals surface area contributed by atoms with Gasteiger partial charge in [-0.15, -0.1) is 0 Å². The number of benzene rings is 3. The fraction of sp³-hybridized carbons (Fsp3) is 0.308. The summed E-state index contributed by atoms with van der Waals surface area (Å²) in [5.41, 5.74) is 3.34. The Hall–Kier alpha value is -2.20. The molecule has 3 rings (SSSR count). The number of hydrogen-bond donors (Lipinski definition) is 1. The lowest BCUT2D eigenvalue weighted by atomic mass is 10.0. The maximum Gasteiger partial charge on any atom is 0.161 e. The van der Waals surface area contributed by atoms with Crippen LogP contribution in [-0.2, 0) is 13.2 Å². The molecular formula is C26H29Cl2NO2. The van der Waals surface area contributed by atoms with Crippen molar-refractivity contribution in [1.82, 2.24) is 5.32 Å². The Kier molecular flexibility index (Phi) is 9.08. The van der Waals surface area contributed by atoms with Crippen LogP contribution in [0.5, 0.6) is 11.5 Å². The van der Waals surface area contributed by atoms with Gasteiger partial charge < -0.3 is 14.8 Å². The van der Waals surface area contributed by atoms with E-state index in [1.54, 1.807) is 6.07 Å². The Bertz CT molecular complexity index is 963. The molecule has 3 aromatic carbocycles. The first-order valence-electron chi connectivity index (χ1n) is 10.7. The summed E-state index contributed by atoms with van der Waals surface area (Å²) in [6, 6.07) is 22.4. The van der Waals surface area contributed by atoms with Crippen LogP contribution >= 0.6 is 23.2 Å². The summed E-state index contributed by atoms with van der Waals surface area (Å²) in [5.74, 6) is 1.43. The minimum Gasteiger partial charge on any atom is -0.490 e. The van der Waals surface area contributed by atoms with Crippen LogP contribution in [0, 0.1) is 0 Å². The highest BCUT2D eigenvalue weighted by Gasteiger charge is 2.12. The molecule has 3 nitrogen and oxygen atoms in total. The average Bonchev–Trinajstić information content (AvgIpc) is 2.78. The molecule has 0 heterocycles. The SMILES string of the molecule is CCC[C@H](NCc1ccc(OCc2ccc(Cl)cc2Cl)c(OCC)c1)c1ccccc1. The number of hydrogen-bond acceptors (Lipinski definition) is 3. The quantitative estimate of drug-likeness (QED) is 0.321. The van der Waals surface area contributed by atoms with Crippen molar-refractivity contribution in [3.8, 4) is 11.5 Å². The van der Waals surface area contributed by atoms with Crippen molar-refractivity contribution in [2.24, 2.45) is 0 Å². The van der Waals surface area contributed by atoms with Gasteiger partial charge in [0.2, 0.25) is 0 Å². The molecule has 0 aliphatic rings. The van der Waals surface area contributed by atoms with Gasteiger partial charge in [0.25, 0.3) is 0 Å². The smallest absolute Gasteiger partial charge is 0.161 e. The predicted molar refractivity (Wildman–Crippen MR) is 129 cm³/mol. The van der Waals surface area contributed by atoms with E-state index in [4.69, 9.17) is 32.7 Å². The van der Waals surface area contributed by atoms with Crippen molar-refractivity contribution in [3.05, 3.63) is 93.5 Å². The largest absolute Gasteiger partial charge is 0.490 e. The lowest BCUT2D eigenvalue weighted by molar-refractivity contribution is 0.269. The number of ether oxygens (including phenoxy) is 2. The third-order valence-electron chi connectivity index (χ3n) is 5.04. The topological polar surface area (TPSA) is 30.5 Å². The van der Waals surface area contributed by atoms with E-state index in [2.05, 4.69) is 48.6 Å². The molecule has 0 radical (unpaired) electrons.